The van der Waals surface area contributed by atoms with Gasteiger partial charge in [-0.15, -0.1) is 0 Å². The van der Waals surface area contributed by atoms with E-state index in [1.807, 2.05) is 6.92 Å². The van der Waals surface area contributed by atoms with Crippen molar-refractivity contribution in [3.8, 4) is 11.5 Å². The molecule has 0 bridgehead atoms. The standard InChI is InChI=1S/C25H26ClN3O6/c1-3-35-18-9-6-8-16(11-18)20(12-21(30)31)27-25(34)28-22-23(32)15(2)13-29(24(22)33)14-17-7-4-5-10-19(17)26/h4-11,13,20,32H,3,12,14H2,1-2H3,(H,30,31)(H2,27,28,34)/t20-/m0/s1. The van der Waals surface area contributed by atoms with Gasteiger partial charge in [-0.1, -0.05) is 41.9 Å². The van der Waals surface area contributed by atoms with Crippen molar-refractivity contribution < 1.29 is 24.5 Å². The molecule has 10 heteroatoms. The molecular formula is C25H26ClN3O6. The number of carbonyl (C=O) groups excluding carboxylic acids is 1. The lowest BCUT2D eigenvalue weighted by atomic mass is 10.0. The Labute approximate surface area is 206 Å². The van der Waals surface area contributed by atoms with Crippen molar-refractivity contribution in [3.63, 3.8) is 0 Å². The van der Waals surface area contributed by atoms with Gasteiger partial charge in [-0.2, -0.15) is 0 Å². The number of hydrogen-bond acceptors (Lipinski definition) is 5. The predicted octanol–water partition coefficient (Wildman–Crippen LogP) is 4.30. The summed E-state index contributed by atoms with van der Waals surface area (Å²) in [6, 6.07) is 12.0. The molecule has 4 N–H and O–H groups in total. The number of amides is 2. The van der Waals surface area contributed by atoms with Crippen LogP contribution in [-0.2, 0) is 11.3 Å². The van der Waals surface area contributed by atoms with E-state index in [9.17, 15) is 24.6 Å². The van der Waals surface area contributed by atoms with Gasteiger partial charge in [0, 0.05) is 16.8 Å². The van der Waals surface area contributed by atoms with Crippen molar-refractivity contribution in [3.05, 3.63) is 86.8 Å². The second kappa shape index (κ2) is 11.4. The summed E-state index contributed by atoms with van der Waals surface area (Å²) in [6.07, 6.45) is 1.07. The molecule has 0 spiro atoms. The third-order valence-electron chi connectivity index (χ3n) is 5.23. The molecule has 2 aromatic carbocycles. The molecule has 1 atom stereocenters. The molecule has 9 nitrogen and oxygen atoms in total. The molecule has 0 unspecified atom stereocenters. The quantitative estimate of drug-likeness (QED) is 0.347. The smallest absolute Gasteiger partial charge is 0.319 e. The summed E-state index contributed by atoms with van der Waals surface area (Å²) in [5.41, 5.74) is 0.590. The Morgan fingerprint density at radius 2 is 1.91 bits per heavy atom. The number of pyridine rings is 1. The van der Waals surface area contributed by atoms with Gasteiger partial charge in [-0.25, -0.2) is 4.79 Å². The number of aromatic hydroxyl groups is 1. The minimum absolute atomic E-state index is 0.127. The third-order valence-corrected chi connectivity index (χ3v) is 5.60. The van der Waals surface area contributed by atoms with Gasteiger partial charge < -0.3 is 30.2 Å². The van der Waals surface area contributed by atoms with E-state index >= 15 is 0 Å². The van der Waals surface area contributed by atoms with Gasteiger partial charge in [-0.3, -0.25) is 9.59 Å². The number of nitrogens with zero attached hydrogens (tertiary/aromatic N) is 1. The van der Waals surface area contributed by atoms with Crippen molar-refractivity contribution >= 4 is 29.3 Å². The van der Waals surface area contributed by atoms with Gasteiger partial charge >= 0.3 is 12.0 Å². The average Bonchev–Trinajstić information content (AvgIpc) is 2.81. The summed E-state index contributed by atoms with van der Waals surface area (Å²) in [5, 5.41) is 25.2. The number of aromatic nitrogens is 1. The highest BCUT2D eigenvalue weighted by Gasteiger charge is 2.21. The van der Waals surface area contributed by atoms with Crippen LogP contribution in [0.3, 0.4) is 0 Å². The number of ether oxygens (including phenoxy) is 1. The molecule has 0 radical (unpaired) electrons. The van der Waals surface area contributed by atoms with Crippen molar-refractivity contribution in [1.29, 1.82) is 0 Å². The first-order valence-corrected chi connectivity index (χ1v) is 11.3. The largest absolute Gasteiger partial charge is 0.505 e. The van der Waals surface area contributed by atoms with Crippen LogP contribution in [-0.4, -0.2) is 33.4 Å². The monoisotopic (exact) mass is 499 g/mol. The number of aliphatic carboxylic acids is 1. The SMILES string of the molecule is CCOc1cccc([C@H](CC(=O)O)NC(=O)Nc2c(O)c(C)cn(Cc3ccccc3Cl)c2=O)c1. The van der Waals surface area contributed by atoms with Crippen molar-refractivity contribution in [2.45, 2.75) is 32.9 Å². The van der Waals surface area contributed by atoms with E-state index in [2.05, 4.69) is 10.6 Å². The normalized spacial score (nSPS) is 11.5. The van der Waals surface area contributed by atoms with E-state index in [-0.39, 0.29) is 18.0 Å². The highest BCUT2D eigenvalue weighted by Crippen LogP contribution is 2.26. The number of carbonyl (C=O) groups is 2. The number of carboxylic acid groups (broad SMARTS) is 1. The lowest BCUT2D eigenvalue weighted by Gasteiger charge is -2.19. The second-order valence-corrected chi connectivity index (χ2v) is 8.22. The van der Waals surface area contributed by atoms with Crippen LogP contribution < -0.4 is 20.9 Å². The number of rotatable bonds is 9. The highest BCUT2D eigenvalue weighted by atomic mass is 35.5. The van der Waals surface area contributed by atoms with Crippen LogP contribution in [0.25, 0.3) is 0 Å². The minimum Gasteiger partial charge on any atom is -0.505 e. The topological polar surface area (TPSA) is 130 Å². The second-order valence-electron chi connectivity index (χ2n) is 7.81. The van der Waals surface area contributed by atoms with Gasteiger partial charge in [0.1, 0.15) is 11.5 Å². The van der Waals surface area contributed by atoms with Crippen LogP contribution in [0, 0.1) is 6.92 Å². The van der Waals surface area contributed by atoms with E-state index in [0.29, 0.717) is 34.1 Å². The number of hydrogen-bond donors (Lipinski definition) is 4. The molecule has 0 fully saturated rings. The van der Waals surface area contributed by atoms with Gasteiger partial charge in [0.05, 0.1) is 25.6 Å². The van der Waals surface area contributed by atoms with Crippen molar-refractivity contribution in [2.75, 3.05) is 11.9 Å². The number of nitrogens with one attached hydrogen (secondary N) is 2. The Kier molecular flexibility index (Phi) is 8.38. The maximum atomic E-state index is 13.0. The molecule has 184 valence electrons. The number of aryl methyl sites for hydroxylation is 1. The fourth-order valence-electron chi connectivity index (χ4n) is 3.56. The fourth-order valence-corrected chi connectivity index (χ4v) is 3.75. The maximum Gasteiger partial charge on any atom is 0.319 e. The summed E-state index contributed by atoms with van der Waals surface area (Å²) in [6.45, 7) is 3.96. The molecule has 0 aliphatic carbocycles. The molecule has 0 saturated heterocycles. The van der Waals surface area contributed by atoms with Crippen LogP contribution in [0.5, 0.6) is 11.5 Å². The first kappa shape index (κ1) is 25.6. The summed E-state index contributed by atoms with van der Waals surface area (Å²) in [7, 11) is 0. The summed E-state index contributed by atoms with van der Waals surface area (Å²) in [5.74, 6) is -0.979. The predicted molar refractivity (Wildman–Crippen MR) is 132 cm³/mol. The number of urea groups is 1. The molecule has 2 amide bonds. The Balaban J connectivity index is 1.86. The molecule has 1 heterocycles. The van der Waals surface area contributed by atoms with Crippen LogP contribution >= 0.6 is 11.6 Å². The Morgan fingerprint density at radius 3 is 2.60 bits per heavy atom. The molecule has 3 aromatic rings. The minimum atomic E-state index is -1.13. The fraction of sp³-hybridized carbons (Fsp3) is 0.240. The zero-order valence-corrected chi connectivity index (χ0v) is 20.0. The van der Waals surface area contributed by atoms with Gasteiger partial charge in [0.2, 0.25) is 0 Å². The van der Waals surface area contributed by atoms with Crippen molar-refractivity contribution in [2.24, 2.45) is 0 Å². The molecule has 3 rings (SSSR count). The lowest BCUT2D eigenvalue weighted by molar-refractivity contribution is -0.137. The van der Waals surface area contributed by atoms with E-state index in [1.165, 1.54) is 10.8 Å². The number of benzene rings is 2. The zero-order valence-electron chi connectivity index (χ0n) is 19.2. The summed E-state index contributed by atoms with van der Waals surface area (Å²) < 4.78 is 6.78. The molecule has 1 aromatic heterocycles. The Bertz CT molecular complexity index is 1290. The van der Waals surface area contributed by atoms with Crippen LogP contribution in [0.1, 0.15) is 36.1 Å². The number of anilines is 1. The number of halogens is 1. The zero-order chi connectivity index (χ0) is 25.5. The van der Waals surface area contributed by atoms with Crippen LogP contribution in [0.2, 0.25) is 5.02 Å². The molecular weight excluding hydrogens is 474 g/mol. The summed E-state index contributed by atoms with van der Waals surface area (Å²) in [4.78, 5) is 37.3. The first-order chi connectivity index (χ1) is 16.7. The van der Waals surface area contributed by atoms with Crippen LogP contribution in [0.15, 0.2) is 59.5 Å². The first-order valence-electron chi connectivity index (χ1n) is 10.9. The van der Waals surface area contributed by atoms with E-state index in [4.69, 9.17) is 16.3 Å². The Hall–Kier alpha value is -3.98. The van der Waals surface area contributed by atoms with Gasteiger partial charge in [0.25, 0.3) is 5.56 Å². The maximum absolute atomic E-state index is 13.0. The van der Waals surface area contributed by atoms with E-state index < -0.39 is 30.0 Å². The van der Waals surface area contributed by atoms with E-state index in [1.54, 1.807) is 55.5 Å². The lowest BCUT2D eigenvalue weighted by Crippen LogP contribution is -2.36. The highest BCUT2D eigenvalue weighted by molar-refractivity contribution is 6.31. The van der Waals surface area contributed by atoms with Crippen molar-refractivity contribution in [1.82, 2.24) is 9.88 Å². The van der Waals surface area contributed by atoms with Gasteiger partial charge in [0.15, 0.2) is 5.69 Å². The van der Waals surface area contributed by atoms with Gasteiger partial charge in [-0.05, 0) is 43.2 Å². The molecule has 0 aliphatic rings. The number of carboxylic acids is 1. The molecule has 0 aliphatic heterocycles. The average molecular weight is 500 g/mol. The summed E-state index contributed by atoms with van der Waals surface area (Å²) >= 11 is 6.21. The third kappa shape index (κ3) is 6.54. The van der Waals surface area contributed by atoms with Crippen LogP contribution in [0.4, 0.5) is 10.5 Å². The van der Waals surface area contributed by atoms with E-state index in [0.717, 1.165) is 0 Å². The molecule has 35 heavy (non-hydrogen) atoms. The Morgan fingerprint density at radius 1 is 1.17 bits per heavy atom. The molecule has 0 saturated carbocycles.